The molecule has 0 aromatic heterocycles. The van der Waals surface area contributed by atoms with Crippen molar-refractivity contribution in [3.63, 3.8) is 0 Å². The summed E-state index contributed by atoms with van der Waals surface area (Å²) in [5.74, 6) is 0. The SMILES string of the molecule is CCC1(CN)CCCCC1O. The second-order valence-corrected chi connectivity index (χ2v) is 3.68. The van der Waals surface area contributed by atoms with Crippen LogP contribution in [0.4, 0.5) is 0 Å². The first kappa shape index (κ1) is 9.01. The number of aliphatic hydroxyl groups is 1. The highest BCUT2D eigenvalue weighted by Gasteiger charge is 2.36. The highest BCUT2D eigenvalue weighted by molar-refractivity contribution is 4.89. The zero-order valence-electron chi connectivity index (χ0n) is 7.34. The van der Waals surface area contributed by atoms with Crippen LogP contribution in [-0.4, -0.2) is 17.8 Å². The first-order valence-electron chi connectivity index (χ1n) is 4.63. The number of aliphatic hydroxyl groups excluding tert-OH is 1. The van der Waals surface area contributed by atoms with E-state index in [0.29, 0.717) is 6.54 Å². The van der Waals surface area contributed by atoms with Gasteiger partial charge in [0, 0.05) is 12.0 Å². The van der Waals surface area contributed by atoms with Gasteiger partial charge in [0.2, 0.25) is 0 Å². The van der Waals surface area contributed by atoms with Gasteiger partial charge in [0.1, 0.15) is 0 Å². The van der Waals surface area contributed by atoms with Crippen LogP contribution < -0.4 is 5.73 Å². The molecule has 0 aromatic carbocycles. The maximum atomic E-state index is 9.74. The number of hydrogen-bond acceptors (Lipinski definition) is 2. The third-order valence-corrected chi connectivity index (χ3v) is 3.22. The van der Waals surface area contributed by atoms with Crippen molar-refractivity contribution in [1.29, 1.82) is 0 Å². The van der Waals surface area contributed by atoms with E-state index in [2.05, 4.69) is 6.92 Å². The van der Waals surface area contributed by atoms with Crippen molar-refractivity contribution in [2.24, 2.45) is 11.1 Å². The van der Waals surface area contributed by atoms with Gasteiger partial charge >= 0.3 is 0 Å². The van der Waals surface area contributed by atoms with Gasteiger partial charge < -0.3 is 10.8 Å². The Labute approximate surface area is 68.8 Å². The van der Waals surface area contributed by atoms with Crippen molar-refractivity contribution in [3.05, 3.63) is 0 Å². The predicted molar refractivity (Wildman–Crippen MR) is 46.3 cm³/mol. The summed E-state index contributed by atoms with van der Waals surface area (Å²) in [6.45, 7) is 2.77. The molecule has 0 spiro atoms. The van der Waals surface area contributed by atoms with Crippen molar-refractivity contribution < 1.29 is 5.11 Å². The topological polar surface area (TPSA) is 46.2 Å². The molecule has 2 nitrogen and oxygen atoms in total. The van der Waals surface area contributed by atoms with Crippen LogP contribution in [0.15, 0.2) is 0 Å². The lowest BCUT2D eigenvalue weighted by atomic mass is 9.70. The summed E-state index contributed by atoms with van der Waals surface area (Å²) in [7, 11) is 0. The predicted octanol–water partition coefficient (Wildman–Crippen LogP) is 1.28. The molecule has 0 radical (unpaired) electrons. The zero-order chi connectivity index (χ0) is 8.32. The van der Waals surface area contributed by atoms with Crippen LogP contribution in [0.2, 0.25) is 0 Å². The standard InChI is InChI=1S/C9H19NO/c1-2-9(7-10)6-4-3-5-8(9)11/h8,11H,2-7,10H2,1H3. The van der Waals surface area contributed by atoms with Crippen molar-refractivity contribution in [2.75, 3.05) is 6.54 Å². The highest BCUT2D eigenvalue weighted by Crippen LogP contribution is 2.38. The quantitative estimate of drug-likeness (QED) is 0.634. The summed E-state index contributed by atoms with van der Waals surface area (Å²) in [4.78, 5) is 0. The van der Waals surface area contributed by atoms with Gasteiger partial charge in [0.15, 0.2) is 0 Å². The summed E-state index contributed by atoms with van der Waals surface area (Å²) >= 11 is 0. The van der Waals surface area contributed by atoms with Gasteiger partial charge in [0.25, 0.3) is 0 Å². The molecule has 2 heteroatoms. The molecule has 2 unspecified atom stereocenters. The fourth-order valence-electron chi connectivity index (χ4n) is 2.08. The molecule has 0 saturated heterocycles. The molecular formula is C9H19NO. The van der Waals surface area contributed by atoms with E-state index < -0.39 is 0 Å². The lowest BCUT2D eigenvalue weighted by molar-refractivity contribution is -0.00855. The fraction of sp³-hybridized carbons (Fsp3) is 1.00. The van der Waals surface area contributed by atoms with E-state index in [1.54, 1.807) is 0 Å². The Morgan fingerprint density at radius 1 is 1.55 bits per heavy atom. The summed E-state index contributed by atoms with van der Waals surface area (Å²) in [5.41, 5.74) is 5.73. The van der Waals surface area contributed by atoms with E-state index in [4.69, 9.17) is 5.73 Å². The monoisotopic (exact) mass is 157 g/mol. The van der Waals surface area contributed by atoms with Gasteiger partial charge in [-0.1, -0.05) is 19.8 Å². The van der Waals surface area contributed by atoms with E-state index in [0.717, 1.165) is 19.3 Å². The van der Waals surface area contributed by atoms with Crippen molar-refractivity contribution in [2.45, 2.75) is 45.1 Å². The normalized spacial score (nSPS) is 39.0. The van der Waals surface area contributed by atoms with Crippen LogP contribution >= 0.6 is 0 Å². The van der Waals surface area contributed by atoms with Crippen LogP contribution in [-0.2, 0) is 0 Å². The van der Waals surface area contributed by atoms with Gasteiger partial charge in [-0.3, -0.25) is 0 Å². The van der Waals surface area contributed by atoms with Gasteiger partial charge in [-0.15, -0.1) is 0 Å². The molecule has 0 aliphatic heterocycles. The van der Waals surface area contributed by atoms with Gasteiger partial charge in [0.05, 0.1) is 6.10 Å². The maximum Gasteiger partial charge on any atom is 0.0608 e. The minimum absolute atomic E-state index is 0.0538. The minimum atomic E-state index is -0.147. The van der Waals surface area contributed by atoms with Crippen LogP contribution in [0.1, 0.15) is 39.0 Å². The molecular weight excluding hydrogens is 138 g/mol. The second kappa shape index (κ2) is 3.55. The van der Waals surface area contributed by atoms with Crippen LogP contribution in [0.3, 0.4) is 0 Å². The van der Waals surface area contributed by atoms with Gasteiger partial charge in [-0.2, -0.15) is 0 Å². The van der Waals surface area contributed by atoms with Crippen molar-refractivity contribution in [3.8, 4) is 0 Å². The van der Waals surface area contributed by atoms with Gasteiger partial charge in [-0.05, 0) is 19.3 Å². The molecule has 2 atom stereocenters. The zero-order valence-corrected chi connectivity index (χ0v) is 7.34. The molecule has 0 bridgehead atoms. The Hall–Kier alpha value is -0.0800. The third kappa shape index (κ3) is 1.57. The van der Waals surface area contributed by atoms with Crippen LogP contribution in [0, 0.1) is 5.41 Å². The minimum Gasteiger partial charge on any atom is -0.393 e. The van der Waals surface area contributed by atoms with E-state index in [-0.39, 0.29) is 11.5 Å². The smallest absolute Gasteiger partial charge is 0.0608 e. The molecule has 1 rings (SSSR count). The molecule has 1 aliphatic rings. The first-order chi connectivity index (χ1) is 5.25. The molecule has 1 fully saturated rings. The van der Waals surface area contributed by atoms with E-state index >= 15 is 0 Å². The molecule has 0 aromatic rings. The van der Waals surface area contributed by atoms with E-state index in [1.807, 2.05) is 0 Å². The molecule has 0 amide bonds. The Kier molecular flexibility index (Phi) is 2.90. The fourth-order valence-corrected chi connectivity index (χ4v) is 2.08. The molecule has 1 aliphatic carbocycles. The number of nitrogens with two attached hydrogens (primary N) is 1. The third-order valence-electron chi connectivity index (χ3n) is 3.22. The highest BCUT2D eigenvalue weighted by atomic mass is 16.3. The maximum absolute atomic E-state index is 9.74. The lowest BCUT2D eigenvalue weighted by Gasteiger charge is -2.40. The Balaban J connectivity index is 2.61. The number of hydrogen-bond donors (Lipinski definition) is 2. The molecule has 1 saturated carbocycles. The van der Waals surface area contributed by atoms with Crippen LogP contribution in [0.25, 0.3) is 0 Å². The Morgan fingerprint density at radius 2 is 2.27 bits per heavy atom. The molecule has 3 N–H and O–H groups in total. The largest absolute Gasteiger partial charge is 0.393 e. The molecule has 66 valence electrons. The Morgan fingerprint density at radius 3 is 2.64 bits per heavy atom. The average Bonchev–Trinajstić information content (AvgIpc) is 2.06. The van der Waals surface area contributed by atoms with E-state index in [1.165, 1.54) is 12.8 Å². The number of rotatable bonds is 2. The van der Waals surface area contributed by atoms with Crippen molar-refractivity contribution in [1.82, 2.24) is 0 Å². The lowest BCUT2D eigenvalue weighted by Crippen LogP contribution is -2.43. The van der Waals surface area contributed by atoms with Gasteiger partial charge in [-0.25, -0.2) is 0 Å². The Bertz CT molecular complexity index is 121. The van der Waals surface area contributed by atoms with Crippen molar-refractivity contribution >= 4 is 0 Å². The van der Waals surface area contributed by atoms with E-state index in [9.17, 15) is 5.11 Å². The summed E-state index contributed by atoms with van der Waals surface area (Å²) in [6.07, 6.45) is 5.34. The summed E-state index contributed by atoms with van der Waals surface area (Å²) in [6, 6.07) is 0. The average molecular weight is 157 g/mol. The molecule has 0 heterocycles. The van der Waals surface area contributed by atoms with Crippen LogP contribution in [0.5, 0.6) is 0 Å². The summed E-state index contributed by atoms with van der Waals surface area (Å²) in [5, 5.41) is 9.74. The molecule has 11 heavy (non-hydrogen) atoms. The summed E-state index contributed by atoms with van der Waals surface area (Å²) < 4.78 is 0. The first-order valence-corrected chi connectivity index (χ1v) is 4.63. The second-order valence-electron chi connectivity index (χ2n) is 3.68.